The molecule has 0 nitrogen and oxygen atoms in total. The lowest BCUT2D eigenvalue weighted by Crippen LogP contribution is -2.19. The van der Waals surface area contributed by atoms with Gasteiger partial charge in [-0.25, -0.2) is 0 Å². The molecule has 0 aliphatic heterocycles. The molecule has 78 valence electrons. The Balaban J connectivity index is 4.25. The third kappa shape index (κ3) is 4.50. The molecule has 0 aromatic carbocycles. The fourth-order valence-corrected chi connectivity index (χ4v) is 1.76. The monoisotopic (exact) mass is 182 g/mol. The van der Waals surface area contributed by atoms with Crippen LogP contribution in [-0.4, -0.2) is 0 Å². The van der Waals surface area contributed by atoms with Crippen molar-refractivity contribution in [2.45, 2.75) is 48.5 Å². The number of hydrogen-bond acceptors (Lipinski definition) is 0. The molecule has 0 bridgehead atoms. The van der Waals surface area contributed by atoms with E-state index < -0.39 is 0 Å². The normalized spacial score (nSPS) is 18.2. The van der Waals surface area contributed by atoms with Crippen molar-refractivity contribution < 1.29 is 0 Å². The second-order valence-corrected chi connectivity index (χ2v) is 5.07. The third-order valence-electron chi connectivity index (χ3n) is 3.31. The first-order chi connectivity index (χ1) is 5.86. The number of hydrogen-bond donors (Lipinski definition) is 0. The third-order valence-corrected chi connectivity index (χ3v) is 3.31. The van der Waals surface area contributed by atoms with E-state index in [0.29, 0.717) is 5.92 Å². The summed E-state index contributed by atoms with van der Waals surface area (Å²) in [7, 11) is 0. The standard InChI is InChI=1S/C13H26/c1-9(2)8-11(5)13(7)12(6)10(3)4/h8,10-13H,1-7H3. The lowest BCUT2D eigenvalue weighted by Gasteiger charge is -2.27. The van der Waals surface area contributed by atoms with Gasteiger partial charge in [-0.15, -0.1) is 0 Å². The van der Waals surface area contributed by atoms with E-state index in [1.54, 1.807) is 0 Å². The number of rotatable bonds is 4. The molecule has 13 heavy (non-hydrogen) atoms. The largest absolute Gasteiger partial charge is 0.0828 e. The average Bonchev–Trinajstić information content (AvgIpc) is 2.00. The zero-order valence-corrected chi connectivity index (χ0v) is 10.4. The van der Waals surface area contributed by atoms with Crippen LogP contribution in [0.5, 0.6) is 0 Å². The number of allylic oxidation sites excluding steroid dienone is 2. The predicted molar refractivity (Wildman–Crippen MR) is 61.8 cm³/mol. The van der Waals surface area contributed by atoms with Gasteiger partial charge in [0.1, 0.15) is 0 Å². The molecule has 3 unspecified atom stereocenters. The van der Waals surface area contributed by atoms with Crippen molar-refractivity contribution in [3.8, 4) is 0 Å². The summed E-state index contributed by atoms with van der Waals surface area (Å²) in [6, 6.07) is 0. The van der Waals surface area contributed by atoms with Crippen LogP contribution in [0.3, 0.4) is 0 Å². The molecule has 0 aromatic rings. The van der Waals surface area contributed by atoms with Gasteiger partial charge in [0.25, 0.3) is 0 Å². The van der Waals surface area contributed by atoms with E-state index >= 15 is 0 Å². The van der Waals surface area contributed by atoms with Crippen molar-refractivity contribution in [1.29, 1.82) is 0 Å². The van der Waals surface area contributed by atoms with E-state index in [4.69, 9.17) is 0 Å². The van der Waals surface area contributed by atoms with Crippen molar-refractivity contribution >= 4 is 0 Å². The molecule has 0 rings (SSSR count). The quantitative estimate of drug-likeness (QED) is 0.561. The fraction of sp³-hybridized carbons (Fsp3) is 0.846. The Morgan fingerprint density at radius 2 is 1.31 bits per heavy atom. The summed E-state index contributed by atoms with van der Waals surface area (Å²) in [6.07, 6.45) is 2.39. The summed E-state index contributed by atoms with van der Waals surface area (Å²) >= 11 is 0. The summed E-state index contributed by atoms with van der Waals surface area (Å²) in [5, 5.41) is 0. The minimum absolute atomic E-state index is 0.711. The predicted octanol–water partition coefficient (Wildman–Crippen LogP) is 4.52. The van der Waals surface area contributed by atoms with Gasteiger partial charge in [-0.05, 0) is 37.5 Å². The summed E-state index contributed by atoms with van der Waals surface area (Å²) in [6.45, 7) is 16.1. The lowest BCUT2D eigenvalue weighted by atomic mass is 9.78. The molecule has 0 aromatic heterocycles. The maximum absolute atomic E-state index is 2.39. The SMILES string of the molecule is CC(C)=CC(C)C(C)C(C)C(C)C. The van der Waals surface area contributed by atoms with E-state index in [9.17, 15) is 0 Å². The van der Waals surface area contributed by atoms with Gasteiger partial charge >= 0.3 is 0 Å². The van der Waals surface area contributed by atoms with Gasteiger partial charge in [0.2, 0.25) is 0 Å². The minimum Gasteiger partial charge on any atom is -0.0828 e. The first-order valence-electron chi connectivity index (χ1n) is 5.51. The Morgan fingerprint density at radius 3 is 1.62 bits per heavy atom. The van der Waals surface area contributed by atoms with Gasteiger partial charge in [-0.1, -0.05) is 46.3 Å². The van der Waals surface area contributed by atoms with Crippen LogP contribution in [0.4, 0.5) is 0 Å². The van der Waals surface area contributed by atoms with Crippen LogP contribution < -0.4 is 0 Å². The van der Waals surface area contributed by atoms with Gasteiger partial charge in [-0.3, -0.25) is 0 Å². The van der Waals surface area contributed by atoms with Gasteiger partial charge in [0, 0.05) is 0 Å². The highest BCUT2D eigenvalue weighted by Gasteiger charge is 2.19. The molecular weight excluding hydrogens is 156 g/mol. The van der Waals surface area contributed by atoms with Gasteiger partial charge in [-0.2, -0.15) is 0 Å². The van der Waals surface area contributed by atoms with Crippen molar-refractivity contribution in [1.82, 2.24) is 0 Å². The summed E-state index contributed by atoms with van der Waals surface area (Å²) in [5.74, 6) is 3.10. The highest BCUT2D eigenvalue weighted by molar-refractivity contribution is 4.98. The zero-order valence-electron chi connectivity index (χ0n) is 10.4. The molecule has 0 spiro atoms. The molecule has 3 atom stereocenters. The second kappa shape index (κ2) is 5.47. The molecule has 0 aliphatic rings. The Kier molecular flexibility index (Phi) is 5.36. The molecule has 0 saturated heterocycles. The van der Waals surface area contributed by atoms with E-state index in [2.05, 4.69) is 54.5 Å². The van der Waals surface area contributed by atoms with E-state index in [1.165, 1.54) is 5.57 Å². The van der Waals surface area contributed by atoms with Crippen LogP contribution in [0, 0.1) is 23.7 Å². The molecule has 0 saturated carbocycles. The van der Waals surface area contributed by atoms with Gasteiger partial charge in [0.05, 0.1) is 0 Å². The van der Waals surface area contributed by atoms with Crippen molar-refractivity contribution in [3.63, 3.8) is 0 Å². The molecule has 0 heterocycles. The van der Waals surface area contributed by atoms with Crippen LogP contribution in [0.15, 0.2) is 11.6 Å². The van der Waals surface area contributed by atoms with Crippen LogP contribution in [0.25, 0.3) is 0 Å². The van der Waals surface area contributed by atoms with Crippen molar-refractivity contribution in [2.24, 2.45) is 23.7 Å². The van der Waals surface area contributed by atoms with E-state index in [1.807, 2.05) is 0 Å². The van der Waals surface area contributed by atoms with E-state index in [-0.39, 0.29) is 0 Å². The first kappa shape index (κ1) is 12.7. The molecule has 0 amide bonds. The Bertz CT molecular complexity index is 161. The first-order valence-corrected chi connectivity index (χ1v) is 5.51. The smallest absolute Gasteiger partial charge is 0.0231 e. The molecule has 0 heteroatoms. The molecule has 0 fully saturated rings. The molecule has 0 radical (unpaired) electrons. The second-order valence-electron chi connectivity index (χ2n) is 5.07. The summed E-state index contributed by atoms with van der Waals surface area (Å²) < 4.78 is 0. The van der Waals surface area contributed by atoms with Crippen molar-refractivity contribution in [2.75, 3.05) is 0 Å². The van der Waals surface area contributed by atoms with Gasteiger partial charge in [0.15, 0.2) is 0 Å². The van der Waals surface area contributed by atoms with Crippen LogP contribution in [0.2, 0.25) is 0 Å². The summed E-state index contributed by atoms with van der Waals surface area (Å²) in [5.41, 5.74) is 1.44. The maximum Gasteiger partial charge on any atom is -0.0231 e. The topological polar surface area (TPSA) is 0 Å². The summed E-state index contributed by atoms with van der Waals surface area (Å²) in [4.78, 5) is 0. The highest BCUT2D eigenvalue weighted by atomic mass is 14.2. The molecule has 0 aliphatic carbocycles. The van der Waals surface area contributed by atoms with Gasteiger partial charge < -0.3 is 0 Å². The fourth-order valence-electron chi connectivity index (χ4n) is 1.76. The van der Waals surface area contributed by atoms with Crippen LogP contribution in [-0.2, 0) is 0 Å². The molecule has 0 N–H and O–H groups in total. The highest BCUT2D eigenvalue weighted by Crippen LogP contribution is 2.27. The Morgan fingerprint density at radius 1 is 0.846 bits per heavy atom. The Hall–Kier alpha value is -0.260. The lowest BCUT2D eigenvalue weighted by molar-refractivity contribution is 0.250. The Labute approximate surface area is 84.4 Å². The maximum atomic E-state index is 2.39. The minimum atomic E-state index is 0.711. The van der Waals surface area contributed by atoms with Crippen LogP contribution >= 0.6 is 0 Å². The zero-order chi connectivity index (χ0) is 10.6. The molecular formula is C13H26. The van der Waals surface area contributed by atoms with Crippen molar-refractivity contribution in [3.05, 3.63) is 11.6 Å². The van der Waals surface area contributed by atoms with E-state index in [0.717, 1.165) is 17.8 Å². The average molecular weight is 182 g/mol. The van der Waals surface area contributed by atoms with Crippen LogP contribution in [0.1, 0.15) is 48.5 Å².